The molecule has 0 radical (unpaired) electrons. The first-order valence-electron chi connectivity index (χ1n) is 8.18. The van der Waals surface area contributed by atoms with Gasteiger partial charge in [0.25, 0.3) is 0 Å². The number of nitrogens with two attached hydrogens (primary N) is 1. The molecule has 2 N–H and O–H groups in total. The van der Waals surface area contributed by atoms with E-state index in [4.69, 9.17) is 5.90 Å². The van der Waals surface area contributed by atoms with E-state index in [-0.39, 0.29) is 0 Å². The average molecular weight is 271 g/mol. The first-order valence-corrected chi connectivity index (χ1v) is 8.18. The van der Waals surface area contributed by atoms with E-state index >= 15 is 0 Å². The van der Waals surface area contributed by atoms with E-state index in [1.165, 1.54) is 44.1 Å². The minimum atomic E-state index is 0.525. The summed E-state index contributed by atoms with van der Waals surface area (Å²) in [5, 5.41) is 0. The molecule has 1 aromatic rings. The number of rotatable bonds is 4. The van der Waals surface area contributed by atoms with Crippen LogP contribution in [0, 0.1) is 17.8 Å². The van der Waals surface area contributed by atoms with Crippen molar-refractivity contribution in [1.82, 2.24) is 0 Å². The van der Waals surface area contributed by atoms with E-state index < -0.39 is 0 Å². The van der Waals surface area contributed by atoms with Crippen molar-refractivity contribution >= 4 is 0 Å². The van der Waals surface area contributed by atoms with Crippen LogP contribution in [-0.2, 0) is 16.7 Å². The molecule has 5 rings (SSSR count). The molecular weight excluding hydrogens is 246 g/mol. The van der Waals surface area contributed by atoms with Crippen LogP contribution in [0.1, 0.15) is 49.7 Å². The molecule has 2 nitrogen and oxygen atoms in total. The van der Waals surface area contributed by atoms with Gasteiger partial charge < -0.3 is 4.84 Å². The smallest absolute Gasteiger partial charge is 0.0719 e. The third-order valence-electron chi connectivity index (χ3n) is 6.11. The second-order valence-electron chi connectivity index (χ2n) is 7.52. The molecule has 2 heteroatoms. The summed E-state index contributed by atoms with van der Waals surface area (Å²) in [4.78, 5) is 4.68. The van der Waals surface area contributed by atoms with Crippen molar-refractivity contribution in [1.29, 1.82) is 0 Å². The Morgan fingerprint density at radius 1 is 0.950 bits per heavy atom. The highest BCUT2D eigenvalue weighted by Gasteiger charge is 2.51. The zero-order valence-electron chi connectivity index (χ0n) is 12.2. The standard InChI is InChI=1S/C18H25NO/c19-20-6-5-13-1-3-17(4-2-13)18-10-14-7-15(11-18)9-16(8-14)12-18/h1-4,14-16H,5-12,19H2. The summed E-state index contributed by atoms with van der Waals surface area (Å²) >= 11 is 0. The van der Waals surface area contributed by atoms with Crippen LogP contribution in [0.25, 0.3) is 0 Å². The van der Waals surface area contributed by atoms with Gasteiger partial charge in [0.1, 0.15) is 0 Å². The summed E-state index contributed by atoms with van der Waals surface area (Å²) in [6, 6.07) is 9.35. The number of hydrogen-bond acceptors (Lipinski definition) is 2. The third-order valence-corrected chi connectivity index (χ3v) is 6.11. The molecule has 0 spiro atoms. The van der Waals surface area contributed by atoms with Crippen molar-refractivity contribution in [3.8, 4) is 0 Å². The van der Waals surface area contributed by atoms with Crippen molar-refractivity contribution in [3.05, 3.63) is 35.4 Å². The molecule has 0 atom stereocenters. The van der Waals surface area contributed by atoms with E-state index in [0.717, 1.165) is 24.2 Å². The van der Waals surface area contributed by atoms with Gasteiger partial charge in [0.05, 0.1) is 6.61 Å². The fourth-order valence-electron chi connectivity index (χ4n) is 5.67. The molecule has 0 saturated heterocycles. The highest BCUT2D eigenvalue weighted by atomic mass is 16.6. The molecule has 1 aromatic carbocycles. The van der Waals surface area contributed by atoms with Crippen molar-refractivity contribution < 1.29 is 4.84 Å². The van der Waals surface area contributed by atoms with E-state index in [9.17, 15) is 0 Å². The zero-order chi connectivity index (χ0) is 13.6. The van der Waals surface area contributed by atoms with E-state index in [2.05, 4.69) is 29.1 Å². The van der Waals surface area contributed by atoms with Gasteiger partial charge in [-0.2, -0.15) is 0 Å². The Kier molecular flexibility index (Phi) is 3.12. The van der Waals surface area contributed by atoms with E-state index in [1.54, 1.807) is 5.56 Å². The molecule has 0 heterocycles. The van der Waals surface area contributed by atoms with E-state index in [0.29, 0.717) is 12.0 Å². The monoisotopic (exact) mass is 271 g/mol. The van der Waals surface area contributed by atoms with Crippen LogP contribution >= 0.6 is 0 Å². The lowest BCUT2D eigenvalue weighted by atomic mass is 9.48. The van der Waals surface area contributed by atoms with Crippen molar-refractivity contribution in [2.45, 2.75) is 50.4 Å². The first kappa shape index (κ1) is 12.8. The summed E-state index contributed by atoms with van der Waals surface area (Å²) in [7, 11) is 0. The predicted octanol–water partition coefficient (Wildman–Crippen LogP) is 3.59. The molecule has 4 aliphatic carbocycles. The van der Waals surface area contributed by atoms with Crippen LogP contribution < -0.4 is 5.90 Å². The fourth-order valence-corrected chi connectivity index (χ4v) is 5.67. The summed E-state index contributed by atoms with van der Waals surface area (Å²) in [5.41, 5.74) is 3.47. The predicted molar refractivity (Wildman–Crippen MR) is 80.1 cm³/mol. The third kappa shape index (κ3) is 2.10. The van der Waals surface area contributed by atoms with Gasteiger partial charge in [-0.15, -0.1) is 0 Å². The molecule has 4 saturated carbocycles. The van der Waals surface area contributed by atoms with Crippen molar-refractivity contribution in [2.24, 2.45) is 23.7 Å². The van der Waals surface area contributed by atoms with Crippen LogP contribution in [0.15, 0.2) is 24.3 Å². The van der Waals surface area contributed by atoms with Crippen molar-refractivity contribution in [2.75, 3.05) is 6.61 Å². The maximum absolute atomic E-state index is 5.11. The largest absolute Gasteiger partial charge is 0.304 e. The van der Waals surface area contributed by atoms with Gasteiger partial charge in [0, 0.05) is 0 Å². The average Bonchev–Trinajstić information content (AvgIpc) is 2.44. The lowest BCUT2D eigenvalue weighted by Crippen LogP contribution is -2.48. The normalized spacial score (nSPS) is 38.4. The minimum absolute atomic E-state index is 0.525. The van der Waals surface area contributed by atoms with Crippen LogP contribution in [-0.4, -0.2) is 6.61 Å². The molecule has 4 bridgehead atoms. The molecule has 4 fully saturated rings. The van der Waals surface area contributed by atoms with Gasteiger partial charge in [0.15, 0.2) is 0 Å². The van der Waals surface area contributed by atoms with Gasteiger partial charge in [-0.05, 0) is 79.2 Å². The molecule has 20 heavy (non-hydrogen) atoms. The highest BCUT2D eigenvalue weighted by molar-refractivity contribution is 5.32. The Morgan fingerprint density at radius 3 is 2.00 bits per heavy atom. The van der Waals surface area contributed by atoms with Gasteiger partial charge in [0.2, 0.25) is 0 Å². The van der Waals surface area contributed by atoms with Gasteiger partial charge >= 0.3 is 0 Å². The Balaban J connectivity index is 1.57. The maximum Gasteiger partial charge on any atom is 0.0719 e. The fraction of sp³-hybridized carbons (Fsp3) is 0.667. The topological polar surface area (TPSA) is 35.2 Å². The first-order chi connectivity index (χ1) is 9.77. The second kappa shape index (κ2) is 4.85. The van der Waals surface area contributed by atoms with Gasteiger partial charge in [-0.1, -0.05) is 24.3 Å². The minimum Gasteiger partial charge on any atom is -0.304 e. The van der Waals surface area contributed by atoms with E-state index in [1.807, 2.05) is 0 Å². The second-order valence-corrected chi connectivity index (χ2v) is 7.52. The van der Waals surface area contributed by atoms with Gasteiger partial charge in [-0.25, -0.2) is 5.90 Å². The molecule has 0 amide bonds. The summed E-state index contributed by atoms with van der Waals surface area (Å²) in [5.74, 6) is 8.17. The Hall–Kier alpha value is -0.860. The molecule has 0 aliphatic heterocycles. The lowest BCUT2D eigenvalue weighted by molar-refractivity contribution is -0.00519. The maximum atomic E-state index is 5.11. The summed E-state index contributed by atoms with van der Waals surface area (Å²) < 4.78 is 0. The molecular formula is C18H25NO. The van der Waals surface area contributed by atoms with Gasteiger partial charge in [-0.3, -0.25) is 0 Å². The molecule has 4 aliphatic rings. The van der Waals surface area contributed by atoms with Crippen LogP contribution in [0.2, 0.25) is 0 Å². The number of hydrogen-bond donors (Lipinski definition) is 1. The molecule has 108 valence electrons. The Labute approximate surface area is 121 Å². The zero-order valence-corrected chi connectivity index (χ0v) is 12.2. The molecule has 0 aromatic heterocycles. The quantitative estimate of drug-likeness (QED) is 0.849. The number of benzene rings is 1. The highest BCUT2D eigenvalue weighted by Crippen LogP contribution is 2.60. The van der Waals surface area contributed by atoms with Crippen LogP contribution in [0.4, 0.5) is 0 Å². The summed E-state index contributed by atoms with van der Waals surface area (Å²) in [6.45, 7) is 0.608. The van der Waals surface area contributed by atoms with Crippen LogP contribution in [0.5, 0.6) is 0 Å². The Morgan fingerprint density at radius 2 is 1.50 bits per heavy atom. The lowest BCUT2D eigenvalue weighted by Gasteiger charge is -2.57. The molecule has 0 unspecified atom stereocenters. The Bertz CT molecular complexity index is 443. The van der Waals surface area contributed by atoms with Crippen molar-refractivity contribution in [3.63, 3.8) is 0 Å². The SMILES string of the molecule is NOCCc1ccc(C23CC4CC(CC(C4)C2)C3)cc1. The summed E-state index contributed by atoms with van der Waals surface area (Å²) in [6.07, 6.45) is 9.82. The van der Waals surface area contributed by atoms with Crippen LogP contribution in [0.3, 0.4) is 0 Å².